The van der Waals surface area contributed by atoms with Crippen LogP contribution in [0.4, 0.5) is 5.95 Å². The van der Waals surface area contributed by atoms with E-state index < -0.39 is 0 Å². The molecule has 1 aromatic heterocycles. The van der Waals surface area contributed by atoms with Gasteiger partial charge in [0.2, 0.25) is 5.95 Å². The number of nitrogens with zero attached hydrogens (tertiary/aromatic N) is 3. The fourth-order valence-corrected chi connectivity index (χ4v) is 0.984. The van der Waals surface area contributed by atoms with Crippen molar-refractivity contribution in [1.82, 2.24) is 9.97 Å². The summed E-state index contributed by atoms with van der Waals surface area (Å²) in [5.74, 6) is 0.629. The van der Waals surface area contributed by atoms with Crippen molar-refractivity contribution in [3.05, 3.63) is 17.4 Å². The molecule has 0 unspecified atom stereocenters. The molecule has 0 fully saturated rings. The van der Waals surface area contributed by atoms with Crippen molar-refractivity contribution < 1.29 is 0 Å². The molecule has 0 bridgehead atoms. The average molecular weight is 215 g/mol. The summed E-state index contributed by atoms with van der Waals surface area (Å²) in [6.07, 6.45) is 3.15. The van der Waals surface area contributed by atoms with Crippen LogP contribution in [0.2, 0.25) is 5.02 Å². The molecule has 0 atom stereocenters. The summed E-state index contributed by atoms with van der Waals surface area (Å²) in [7, 11) is 1.91. The van der Waals surface area contributed by atoms with Gasteiger partial charge in [-0.1, -0.05) is 11.6 Å². The molecule has 2 N–H and O–H groups in total. The number of hydrogen-bond acceptors (Lipinski definition) is 4. The van der Waals surface area contributed by atoms with Crippen molar-refractivity contribution in [1.29, 1.82) is 0 Å². The molecule has 0 aromatic carbocycles. The first-order valence-corrected chi connectivity index (χ1v) is 4.76. The lowest BCUT2D eigenvalue weighted by molar-refractivity contribution is 0.490. The van der Waals surface area contributed by atoms with E-state index in [1.54, 1.807) is 12.4 Å². The van der Waals surface area contributed by atoms with E-state index in [0.717, 1.165) is 0 Å². The van der Waals surface area contributed by atoms with Crippen LogP contribution in [-0.4, -0.2) is 29.1 Å². The van der Waals surface area contributed by atoms with Crippen molar-refractivity contribution in [3.8, 4) is 0 Å². The average Bonchev–Trinajstić information content (AvgIpc) is 2.18. The number of nitrogens with two attached hydrogens (primary N) is 1. The van der Waals surface area contributed by atoms with Gasteiger partial charge >= 0.3 is 0 Å². The number of anilines is 1. The molecule has 0 amide bonds. The van der Waals surface area contributed by atoms with E-state index in [-0.39, 0.29) is 5.54 Å². The lowest BCUT2D eigenvalue weighted by Gasteiger charge is -2.34. The van der Waals surface area contributed by atoms with Crippen LogP contribution in [0.15, 0.2) is 12.4 Å². The second-order valence-electron chi connectivity index (χ2n) is 3.78. The quantitative estimate of drug-likeness (QED) is 0.824. The normalized spacial score (nSPS) is 11.5. The molecule has 78 valence electrons. The number of halogens is 1. The van der Waals surface area contributed by atoms with E-state index in [2.05, 4.69) is 9.97 Å². The van der Waals surface area contributed by atoms with Gasteiger partial charge in [0.1, 0.15) is 0 Å². The Morgan fingerprint density at radius 1 is 1.43 bits per heavy atom. The fourth-order valence-electron chi connectivity index (χ4n) is 0.886. The van der Waals surface area contributed by atoms with E-state index in [9.17, 15) is 0 Å². The Morgan fingerprint density at radius 2 is 1.93 bits per heavy atom. The van der Waals surface area contributed by atoms with Crippen molar-refractivity contribution in [2.24, 2.45) is 5.73 Å². The molecule has 1 rings (SSSR count). The number of aromatic nitrogens is 2. The van der Waals surface area contributed by atoms with Gasteiger partial charge in [-0.2, -0.15) is 0 Å². The highest BCUT2D eigenvalue weighted by Crippen LogP contribution is 2.17. The Bertz CT molecular complexity index is 296. The van der Waals surface area contributed by atoms with Crippen molar-refractivity contribution in [2.45, 2.75) is 19.4 Å². The number of likely N-dealkylation sites (N-methyl/N-ethyl adjacent to an activating group) is 1. The molecule has 0 spiro atoms. The summed E-state index contributed by atoms with van der Waals surface area (Å²) < 4.78 is 0. The molecule has 14 heavy (non-hydrogen) atoms. The SMILES string of the molecule is CN(c1ncc(Cl)cn1)C(C)(C)CN. The summed E-state index contributed by atoms with van der Waals surface area (Å²) in [6.45, 7) is 4.60. The van der Waals surface area contributed by atoms with E-state index in [1.165, 1.54) is 0 Å². The van der Waals surface area contributed by atoms with Crippen LogP contribution in [0.5, 0.6) is 0 Å². The monoisotopic (exact) mass is 214 g/mol. The Morgan fingerprint density at radius 3 is 2.36 bits per heavy atom. The molecule has 1 aromatic rings. The molecule has 0 aliphatic rings. The summed E-state index contributed by atoms with van der Waals surface area (Å²) in [5.41, 5.74) is 5.49. The largest absolute Gasteiger partial charge is 0.337 e. The van der Waals surface area contributed by atoms with Gasteiger partial charge in [0, 0.05) is 19.1 Å². The van der Waals surface area contributed by atoms with Crippen molar-refractivity contribution >= 4 is 17.5 Å². The molecule has 0 aliphatic carbocycles. The second-order valence-corrected chi connectivity index (χ2v) is 4.21. The van der Waals surface area contributed by atoms with E-state index in [4.69, 9.17) is 17.3 Å². The van der Waals surface area contributed by atoms with Gasteiger partial charge in [0.05, 0.1) is 17.4 Å². The van der Waals surface area contributed by atoms with Gasteiger partial charge in [0.25, 0.3) is 0 Å². The first kappa shape index (κ1) is 11.2. The zero-order valence-electron chi connectivity index (χ0n) is 8.66. The van der Waals surface area contributed by atoms with Crippen molar-refractivity contribution in [2.75, 3.05) is 18.5 Å². The highest BCUT2D eigenvalue weighted by atomic mass is 35.5. The lowest BCUT2D eigenvalue weighted by Crippen LogP contribution is -2.48. The maximum Gasteiger partial charge on any atom is 0.225 e. The zero-order chi connectivity index (χ0) is 10.8. The third-order valence-electron chi connectivity index (χ3n) is 2.31. The summed E-state index contributed by atoms with van der Waals surface area (Å²) in [4.78, 5) is 10.2. The molecule has 0 saturated heterocycles. The van der Waals surface area contributed by atoms with E-state index >= 15 is 0 Å². The third kappa shape index (κ3) is 2.33. The molecule has 0 aliphatic heterocycles. The molecule has 4 nitrogen and oxygen atoms in total. The minimum atomic E-state index is -0.159. The Balaban J connectivity index is 2.89. The maximum absolute atomic E-state index is 5.70. The molecular weight excluding hydrogens is 200 g/mol. The molecular formula is C9H15ClN4. The third-order valence-corrected chi connectivity index (χ3v) is 2.51. The topological polar surface area (TPSA) is 55.0 Å². The second kappa shape index (κ2) is 4.11. The van der Waals surface area contributed by atoms with Gasteiger partial charge in [0.15, 0.2) is 0 Å². The van der Waals surface area contributed by atoms with Gasteiger partial charge in [-0.15, -0.1) is 0 Å². The van der Waals surface area contributed by atoms with Crippen LogP contribution in [0, 0.1) is 0 Å². The van der Waals surface area contributed by atoms with Gasteiger partial charge < -0.3 is 10.6 Å². The van der Waals surface area contributed by atoms with Gasteiger partial charge in [-0.05, 0) is 13.8 Å². The van der Waals surface area contributed by atoms with Crippen LogP contribution in [-0.2, 0) is 0 Å². The molecule has 1 heterocycles. The fraction of sp³-hybridized carbons (Fsp3) is 0.556. The Labute approximate surface area is 89.1 Å². The van der Waals surface area contributed by atoms with Crippen LogP contribution in [0.3, 0.4) is 0 Å². The summed E-state index contributed by atoms with van der Waals surface area (Å²) in [5, 5.41) is 0.535. The summed E-state index contributed by atoms with van der Waals surface area (Å²) in [6, 6.07) is 0. The number of hydrogen-bond donors (Lipinski definition) is 1. The van der Waals surface area contributed by atoms with E-state index in [0.29, 0.717) is 17.5 Å². The molecule has 5 heteroatoms. The highest BCUT2D eigenvalue weighted by Gasteiger charge is 2.23. The first-order chi connectivity index (χ1) is 6.47. The minimum Gasteiger partial charge on any atom is -0.337 e. The van der Waals surface area contributed by atoms with Crippen LogP contribution in [0.1, 0.15) is 13.8 Å². The Hall–Kier alpha value is -0.870. The minimum absolute atomic E-state index is 0.159. The van der Waals surface area contributed by atoms with Crippen LogP contribution < -0.4 is 10.6 Å². The summed E-state index contributed by atoms with van der Waals surface area (Å²) >= 11 is 5.70. The Kier molecular flexibility index (Phi) is 3.29. The van der Waals surface area contributed by atoms with Crippen LogP contribution in [0.25, 0.3) is 0 Å². The number of rotatable bonds is 3. The standard InChI is InChI=1S/C9H15ClN4/c1-9(2,6-11)14(3)8-12-4-7(10)5-13-8/h4-5H,6,11H2,1-3H3. The predicted molar refractivity (Wildman–Crippen MR) is 58.6 cm³/mol. The van der Waals surface area contributed by atoms with Gasteiger partial charge in [-0.25, -0.2) is 9.97 Å². The highest BCUT2D eigenvalue weighted by molar-refractivity contribution is 6.30. The first-order valence-electron chi connectivity index (χ1n) is 4.39. The van der Waals surface area contributed by atoms with Gasteiger partial charge in [-0.3, -0.25) is 0 Å². The smallest absolute Gasteiger partial charge is 0.225 e. The molecule has 0 radical (unpaired) electrons. The zero-order valence-corrected chi connectivity index (χ0v) is 9.41. The molecule has 0 saturated carbocycles. The maximum atomic E-state index is 5.70. The van der Waals surface area contributed by atoms with Crippen LogP contribution >= 0.6 is 11.6 Å². The van der Waals surface area contributed by atoms with E-state index in [1.807, 2.05) is 25.8 Å². The lowest BCUT2D eigenvalue weighted by atomic mass is 10.1. The van der Waals surface area contributed by atoms with Crippen molar-refractivity contribution in [3.63, 3.8) is 0 Å². The predicted octanol–water partition coefficient (Wildman–Crippen LogP) is 1.30.